The van der Waals surface area contributed by atoms with Crippen LogP contribution < -0.4 is 5.73 Å². The molecule has 2 heterocycles. The van der Waals surface area contributed by atoms with E-state index < -0.39 is 0 Å². The van der Waals surface area contributed by atoms with E-state index in [1.54, 1.807) is 30.5 Å². The van der Waals surface area contributed by atoms with Crippen LogP contribution in [0.5, 0.6) is 0 Å². The maximum atomic E-state index is 13.3. The van der Waals surface area contributed by atoms with Crippen LogP contribution in [-0.2, 0) is 6.54 Å². The van der Waals surface area contributed by atoms with Gasteiger partial charge in [0.2, 0.25) is 5.95 Å². The van der Waals surface area contributed by atoms with Gasteiger partial charge in [-0.25, -0.2) is 18.7 Å². The number of rotatable bonds is 4. The van der Waals surface area contributed by atoms with Crippen molar-refractivity contribution in [1.82, 2.24) is 14.9 Å². The van der Waals surface area contributed by atoms with Gasteiger partial charge in [-0.1, -0.05) is 24.3 Å². The summed E-state index contributed by atoms with van der Waals surface area (Å²) in [7, 11) is 0. The Morgan fingerprint density at radius 2 is 1.67 bits per heavy atom. The highest BCUT2D eigenvalue weighted by Crippen LogP contribution is 2.37. The monoisotopic (exact) mass is 366 g/mol. The standard InChI is InChI=1S/C21H20F2N4/c22-16-7-3-14(4-8-16)13-27-11-1-2-19(27)20-18(12-25-21(24)26-20)15-5-9-17(23)10-6-15/h3-10,12,19H,1-2,11,13H2,(H2,24,25,26)/t19-/m1/s1. The van der Waals surface area contributed by atoms with Gasteiger partial charge in [0.25, 0.3) is 0 Å². The molecular weight excluding hydrogens is 346 g/mol. The van der Waals surface area contributed by atoms with Gasteiger partial charge < -0.3 is 5.73 Å². The summed E-state index contributed by atoms with van der Waals surface area (Å²) in [5, 5.41) is 0. The van der Waals surface area contributed by atoms with E-state index in [1.807, 2.05) is 0 Å². The topological polar surface area (TPSA) is 55.0 Å². The Kier molecular flexibility index (Phi) is 4.81. The van der Waals surface area contributed by atoms with Crippen molar-refractivity contribution < 1.29 is 8.78 Å². The molecule has 6 heteroatoms. The summed E-state index contributed by atoms with van der Waals surface area (Å²) in [5.74, 6) is -0.293. The molecule has 0 amide bonds. The highest BCUT2D eigenvalue weighted by molar-refractivity contribution is 5.66. The molecule has 1 atom stereocenters. The van der Waals surface area contributed by atoms with Crippen LogP contribution >= 0.6 is 0 Å². The van der Waals surface area contributed by atoms with Crippen LogP contribution in [0.3, 0.4) is 0 Å². The van der Waals surface area contributed by atoms with Crippen LogP contribution in [0.15, 0.2) is 54.7 Å². The third-order valence-electron chi connectivity index (χ3n) is 4.97. The zero-order valence-electron chi connectivity index (χ0n) is 14.8. The normalized spacial score (nSPS) is 17.3. The molecule has 2 aromatic carbocycles. The molecule has 27 heavy (non-hydrogen) atoms. The number of nitrogen functional groups attached to an aromatic ring is 1. The summed E-state index contributed by atoms with van der Waals surface area (Å²) in [6.45, 7) is 1.63. The minimum atomic E-state index is -0.282. The average molecular weight is 366 g/mol. The van der Waals surface area contributed by atoms with E-state index in [1.165, 1.54) is 24.3 Å². The van der Waals surface area contributed by atoms with Gasteiger partial charge in [0, 0.05) is 18.3 Å². The first kappa shape index (κ1) is 17.5. The van der Waals surface area contributed by atoms with Crippen molar-refractivity contribution in [2.24, 2.45) is 0 Å². The van der Waals surface area contributed by atoms with Crippen molar-refractivity contribution in [2.75, 3.05) is 12.3 Å². The van der Waals surface area contributed by atoms with E-state index in [-0.39, 0.29) is 23.6 Å². The number of halogens is 2. The first-order valence-electron chi connectivity index (χ1n) is 8.97. The maximum absolute atomic E-state index is 13.3. The van der Waals surface area contributed by atoms with Crippen molar-refractivity contribution in [2.45, 2.75) is 25.4 Å². The summed E-state index contributed by atoms with van der Waals surface area (Å²) >= 11 is 0. The van der Waals surface area contributed by atoms with Crippen LogP contribution in [0.4, 0.5) is 14.7 Å². The molecule has 1 aliphatic rings. The molecule has 1 fully saturated rings. The molecular formula is C21H20F2N4. The average Bonchev–Trinajstić information content (AvgIpc) is 3.12. The Balaban J connectivity index is 1.67. The zero-order valence-corrected chi connectivity index (χ0v) is 14.8. The van der Waals surface area contributed by atoms with Crippen molar-refractivity contribution >= 4 is 5.95 Å². The zero-order chi connectivity index (χ0) is 18.8. The number of benzene rings is 2. The number of nitrogens with two attached hydrogens (primary N) is 1. The number of nitrogens with zero attached hydrogens (tertiary/aromatic N) is 3. The van der Waals surface area contributed by atoms with E-state index in [0.717, 1.165) is 41.8 Å². The van der Waals surface area contributed by atoms with E-state index in [4.69, 9.17) is 5.73 Å². The maximum Gasteiger partial charge on any atom is 0.220 e. The number of likely N-dealkylation sites (tertiary alicyclic amines) is 1. The lowest BCUT2D eigenvalue weighted by Crippen LogP contribution is -2.24. The lowest BCUT2D eigenvalue weighted by atomic mass is 9.99. The van der Waals surface area contributed by atoms with E-state index in [2.05, 4.69) is 14.9 Å². The SMILES string of the molecule is Nc1ncc(-c2ccc(F)cc2)c([C@H]2CCCN2Cc2ccc(F)cc2)n1. The van der Waals surface area contributed by atoms with Crippen molar-refractivity contribution in [3.05, 3.63) is 77.6 Å². The van der Waals surface area contributed by atoms with Crippen LogP contribution in [0, 0.1) is 11.6 Å². The van der Waals surface area contributed by atoms with Gasteiger partial charge in [-0.05, 0) is 54.8 Å². The minimum Gasteiger partial charge on any atom is -0.368 e. The molecule has 0 radical (unpaired) electrons. The predicted molar refractivity (Wildman–Crippen MR) is 101 cm³/mol. The first-order valence-corrected chi connectivity index (χ1v) is 8.97. The number of hydrogen-bond acceptors (Lipinski definition) is 4. The van der Waals surface area contributed by atoms with E-state index in [0.29, 0.717) is 6.54 Å². The highest BCUT2D eigenvalue weighted by Gasteiger charge is 2.29. The molecule has 0 aliphatic carbocycles. The summed E-state index contributed by atoms with van der Waals surface area (Å²) in [4.78, 5) is 11.0. The largest absolute Gasteiger partial charge is 0.368 e. The molecule has 4 nitrogen and oxygen atoms in total. The van der Waals surface area contributed by atoms with Crippen molar-refractivity contribution in [3.8, 4) is 11.1 Å². The Labute approximate surface area is 156 Å². The second kappa shape index (κ2) is 7.40. The lowest BCUT2D eigenvalue weighted by molar-refractivity contribution is 0.245. The molecule has 3 aromatic rings. The Hall–Kier alpha value is -2.86. The molecule has 0 bridgehead atoms. The quantitative estimate of drug-likeness (QED) is 0.746. The third-order valence-corrected chi connectivity index (χ3v) is 4.97. The van der Waals surface area contributed by atoms with E-state index in [9.17, 15) is 8.78 Å². The summed E-state index contributed by atoms with van der Waals surface area (Å²) in [6.07, 6.45) is 3.70. The summed E-state index contributed by atoms with van der Waals surface area (Å²) < 4.78 is 26.5. The Bertz CT molecular complexity index is 926. The Morgan fingerprint density at radius 1 is 1.00 bits per heavy atom. The molecule has 1 aliphatic heterocycles. The van der Waals surface area contributed by atoms with Crippen LogP contribution in [0.1, 0.15) is 30.1 Å². The van der Waals surface area contributed by atoms with Crippen molar-refractivity contribution in [3.63, 3.8) is 0 Å². The number of hydrogen-bond donors (Lipinski definition) is 1. The first-order chi connectivity index (χ1) is 13.1. The second-order valence-electron chi connectivity index (χ2n) is 6.79. The van der Waals surface area contributed by atoms with Gasteiger partial charge in [-0.15, -0.1) is 0 Å². The molecule has 0 spiro atoms. The fraction of sp³-hybridized carbons (Fsp3) is 0.238. The van der Waals surface area contributed by atoms with Gasteiger partial charge >= 0.3 is 0 Å². The fourth-order valence-corrected chi connectivity index (χ4v) is 3.66. The van der Waals surface area contributed by atoms with E-state index >= 15 is 0 Å². The minimum absolute atomic E-state index is 0.0837. The molecule has 0 saturated carbocycles. The number of aromatic nitrogens is 2. The van der Waals surface area contributed by atoms with Gasteiger partial charge in [0.15, 0.2) is 0 Å². The van der Waals surface area contributed by atoms with Crippen LogP contribution in [0.2, 0.25) is 0 Å². The van der Waals surface area contributed by atoms with Gasteiger partial charge in [0.1, 0.15) is 11.6 Å². The lowest BCUT2D eigenvalue weighted by Gasteiger charge is -2.26. The smallest absolute Gasteiger partial charge is 0.220 e. The molecule has 0 unspecified atom stereocenters. The van der Waals surface area contributed by atoms with Gasteiger partial charge in [-0.2, -0.15) is 0 Å². The van der Waals surface area contributed by atoms with Crippen LogP contribution in [-0.4, -0.2) is 21.4 Å². The second-order valence-corrected chi connectivity index (χ2v) is 6.79. The summed E-state index contributed by atoms with van der Waals surface area (Å²) in [5.41, 5.74) is 9.50. The van der Waals surface area contributed by atoms with Gasteiger partial charge in [0.05, 0.1) is 11.7 Å². The van der Waals surface area contributed by atoms with Crippen molar-refractivity contribution in [1.29, 1.82) is 0 Å². The Morgan fingerprint density at radius 3 is 2.37 bits per heavy atom. The van der Waals surface area contributed by atoms with Gasteiger partial charge in [-0.3, -0.25) is 4.90 Å². The predicted octanol–water partition coefficient (Wildman–Crippen LogP) is 4.34. The molecule has 138 valence electrons. The molecule has 2 N–H and O–H groups in total. The van der Waals surface area contributed by atoms with Crippen LogP contribution in [0.25, 0.3) is 11.1 Å². The fourth-order valence-electron chi connectivity index (χ4n) is 3.66. The third kappa shape index (κ3) is 3.80. The highest BCUT2D eigenvalue weighted by atomic mass is 19.1. The molecule has 1 saturated heterocycles. The molecule has 1 aromatic heterocycles. The molecule has 4 rings (SSSR count). The summed E-state index contributed by atoms with van der Waals surface area (Å²) in [6, 6.07) is 13.0. The number of anilines is 1.